The van der Waals surface area contributed by atoms with Gasteiger partial charge in [0.05, 0.1) is 0 Å². The normalized spacial score (nSPS) is 10.3. The highest BCUT2D eigenvalue weighted by molar-refractivity contribution is 5.96. The van der Waals surface area contributed by atoms with E-state index in [9.17, 15) is 14.4 Å². The SMILES string of the molecule is CC(=O)Nc1cccc(C(=O)NCc2ccc(NC(=O)C(C)C)cc2)c1. The van der Waals surface area contributed by atoms with Crippen molar-refractivity contribution in [3.63, 3.8) is 0 Å². The van der Waals surface area contributed by atoms with E-state index in [0.29, 0.717) is 17.8 Å². The molecule has 6 nitrogen and oxygen atoms in total. The average Bonchev–Trinajstić information content (AvgIpc) is 2.60. The highest BCUT2D eigenvalue weighted by atomic mass is 16.2. The molecule has 0 aliphatic carbocycles. The van der Waals surface area contributed by atoms with Crippen molar-refractivity contribution in [2.24, 2.45) is 5.92 Å². The summed E-state index contributed by atoms with van der Waals surface area (Å²) in [6, 6.07) is 14.1. The van der Waals surface area contributed by atoms with E-state index in [1.807, 2.05) is 26.0 Å². The van der Waals surface area contributed by atoms with Gasteiger partial charge in [0.2, 0.25) is 11.8 Å². The standard InChI is InChI=1S/C20H23N3O3/c1-13(2)19(25)23-17-9-7-15(8-10-17)12-21-20(26)16-5-4-6-18(11-16)22-14(3)24/h4-11,13H,12H2,1-3H3,(H,21,26)(H,22,24)(H,23,25). The molecule has 0 heterocycles. The van der Waals surface area contributed by atoms with Crippen LogP contribution < -0.4 is 16.0 Å². The van der Waals surface area contributed by atoms with Crippen LogP contribution in [-0.4, -0.2) is 17.7 Å². The average molecular weight is 353 g/mol. The van der Waals surface area contributed by atoms with Gasteiger partial charge in [-0.3, -0.25) is 14.4 Å². The first kappa shape index (κ1) is 19.2. The van der Waals surface area contributed by atoms with Gasteiger partial charge in [-0.25, -0.2) is 0 Å². The van der Waals surface area contributed by atoms with E-state index in [0.717, 1.165) is 11.3 Å². The van der Waals surface area contributed by atoms with Gasteiger partial charge in [0.25, 0.3) is 5.91 Å². The van der Waals surface area contributed by atoms with Gasteiger partial charge in [0.15, 0.2) is 0 Å². The Morgan fingerprint density at radius 2 is 1.62 bits per heavy atom. The molecule has 2 aromatic rings. The molecule has 0 aromatic heterocycles. The lowest BCUT2D eigenvalue weighted by atomic mass is 10.1. The first-order valence-corrected chi connectivity index (χ1v) is 8.41. The Balaban J connectivity index is 1.93. The molecule has 136 valence electrons. The van der Waals surface area contributed by atoms with Crippen molar-refractivity contribution in [2.45, 2.75) is 27.3 Å². The number of carbonyl (C=O) groups excluding carboxylic acids is 3. The molecule has 2 aromatic carbocycles. The summed E-state index contributed by atoms with van der Waals surface area (Å²) in [5.74, 6) is -0.533. The minimum atomic E-state index is -0.227. The molecule has 0 fully saturated rings. The maximum Gasteiger partial charge on any atom is 0.251 e. The van der Waals surface area contributed by atoms with E-state index in [-0.39, 0.29) is 23.6 Å². The topological polar surface area (TPSA) is 87.3 Å². The van der Waals surface area contributed by atoms with Crippen molar-refractivity contribution in [2.75, 3.05) is 10.6 Å². The van der Waals surface area contributed by atoms with E-state index in [2.05, 4.69) is 16.0 Å². The molecule has 0 bridgehead atoms. The third kappa shape index (κ3) is 5.73. The maximum atomic E-state index is 12.3. The molecule has 2 rings (SSSR count). The number of carbonyl (C=O) groups is 3. The third-order valence-corrected chi connectivity index (χ3v) is 3.64. The maximum absolute atomic E-state index is 12.3. The minimum Gasteiger partial charge on any atom is -0.348 e. The second kappa shape index (κ2) is 8.80. The van der Waals surface area contributed by atoms with Crippen molar-refractivity contribution in [1.82, 2.24) is 5.32 Å². The molecule has 26 heavy (non-hydrogen) atoms. The number of hydrogen-bond donors (Lipinski definition) is 3. The molecular weight excluding hydrogens is 330 g/mol. The second-order valence-corrected chi connectivity index (χ2v) is 6.29. The summed E-state index contributed by atoms with van der Waals surface area (Å²) in [5, 5.41) is 8.31. The number of amides is 3. The fourth-order valence-electron chi connectivity index (χ4n) is 2.22. The van der Waals surface area contributed by atoms with Gasteiger partial charge in [-0.05, 0) is 35.9 Å². The zero-order valence-electron chi connectivity index (χ0n) is 15.1. The van der Waals surface area contributed by atoms with Gasteiger partial charge in [-0.15, -0.1) is 0 Å². The van der Waals surface area contributed by atoms with Crippen LogP contribution in [0.5, 0.6) is 0 Å². The Morgan fingerprint density at radius 3 is 2.23 bits per heavy atom. The molecule has 3 N–H and O–H groups in total. The zero-order valence-corrected chi connectivity index (χ0v) is 15.1. The van der Waals surface area contributed by atoms with Gasteiger partial charge < -0.3 is 16.0 Å². The smallest absolute Gasteiger partial charge is 0.251 e. The molecule has 0 aliphatic heterocycles. The van der Waals surface area contributed by atoms with Crippen LogP contribution in [0.1, 0.15) is 36.7 Å². The predicted molar refractivity (Wildman–Crippen MR) is 102 cm³/mol. The fourth-order valence-corrected chi connectivity index (χ4v) is 2.22. The van der Waals surface area contributed by atoms with Crippen molar-refractivity contribution in [3.05, 3.63) is 59.7 Å². The summed E-state index contributed by atoms with van der Waals surface area (Å²) in [4.78, 5) is 35.0. The van der Waals surface area contributed by atoms with E-state index in [1.54, 1.807) is 36.4 Å². The van der Waals surface area contributed by atoms with Gasteiger partial charge in [0.1, 0.15) is 0 Å². The van der Waals surface area contributed by atoms with Crippen LogP contribution in [0.2, 0.25) is 0 Å². The van der Waals surface area contributed by atoms with Crippen LogP contribution in [0, 0.1) is 5.92 Å². The quantitative estimate of drug-likeness (QED) is 0.745. The first-order chi connectivity index (χ1) is 12.3. The summed E-state index contributed by atoms with van der Waals surface area (Å²) in [6.45, 7) is 5.45. The van der Waals surface area contributed by atoms with Gasteiger partial charge in [-0.2, -0.15) is 0 Å². The molecule has 0 saturated carbocycles. The highest BCUT2D eigenvalue weighted by Crippen LogP contribution is 2.13. The monoisotopic (exact) mass is 353 g/mol. The van der Waals surface area contributed by atoms with Crippen LogP contribution in [0.15, 0.2) is 48.5 Å². The van der Waals surface area contributed by atoms with Crippen LogP contribution in [-0.2, 0) is 16.1 Å². The molecule has 3 amide bonds. The van der Waals surface area contributed by atoms with Gasteiger partial charge in [-0.1, -0.05) is 32.0 Å². The van der Waals surface area contributed by atoms with E-state index in [4.69, 9.17) is 0 Å². The molecular formula is C20H23N3O3. The molecule has 6 heteroatoms. The molecule has 0 spiro atoms. The van der Waals surface area contributed by atoms with Crippen LogP contribution in [0.25, 0.3) is 0 Å². The lowest BCUT2D eigenvalue weighted by Crippen LogP contribution is -2.23. The predicted octanol–water partition coefficient (Wildman–Crippen LogP) is 3.17. The van der Waals surface area contributed by atoms with Crippen molar-refractivity contribution < 1.29 is 14.4 Å². The summed E-state index contributed by atoms with van der Waals surface area (Å²) in [6.07, 6.45) is 0. The van der Waals surface area contributed by atoms with Crippen molar-refractivity contribution in [3.8, 4) is 0 Å². The largest absolute Gasteiger partial charge is 0.348 e. The Bertz CT molecular complexity index is 798. The summed E-state index contributed by atoms with van der Waals surface area (Å²) < 4.78 is 0. The Kier molecular flexibility index (Phi) is 6.49. The lowest BCUT2D eigenvalue weighted by Gasteiger charge is -2.10. The van der Waals surface area contributed by atoms with Gasteiger partial charge >= 0.3 is 0 Å². The Labute approximate surface area is 153 Å². The third-order valence-electron chi connectivity index (χ3n) is 3.64. The van der Waals surface area contributed by atoms with Gasteiger partial charge in [0, 0.05) is 36.3 Å². The van der Waals surface area contributed by atoms with Crippen LogP contribution in [0.3, 0.4) is 0 Å². The molecule has 0 saturated heterocycles. The number of rotatable bonds is 6. The molecule has 0 atom stereocenters. The number of nitrogens with one attached hydrogen (secondary N) is 3. The van der Waals surface area contributed by atoms with Crippen LogP contribution in [0.4, 0.5) is 11.4 Å². The molecule has 0 radical (unpaired) electrons. The zero-order chi connectivity index (χ0) is 19.1. The minimum absolute atomic E-state index is 0.0369. The number of anilines is 2. The van der Waals surface area contributed by atoms with E-state index >= 15 is 0 Å². The van der Waals surface area contributed by atoms with E-state index < -0.39 is 0 Å². The van der Waals surface area contributed by atoms with E-state index in [1.165, 1.54) is 6.92 Å². The second-order valence-electron chi connectivity index (χ2n) is 6.29. The number of hydrogen-bond acceptors (Lipinski definition) is 3. The number of benzene rings is 2. The van der Waals surface area contributed by atoms with Crippen LogP contribution >= 0.6 is 0 Å². The molecule has 0 unspecified atom stereocenters. The lowest BCUT2D eigenvalue weighted by molar-refractivity contribution is -0.119. The Morgan fingerprint density at radius 1 is 0.923 bits per heavy atom. The summed E-state index contributed by atoms with van der Waals surface area (Å²) >= 11 is 0. The van der Waals surface area contributed by atoms with Crippen molar-refractivity contribution in [1.29, 1.82) is 0 Å². The van der Waals surface area contributed by atoms with Crippen molar-refractivity contribution >= 4 is 29.1 Å². The highest BCUT2D eigenvalue weighted by Gasteiger charge is 2.08. The summed E-state index contributed by atoms with van der Waals surface area (Å²) in [5.41, 5.74) is 2.69. The summed E-state index contributed by atoms with van der Waals surface area (Å²) in [7, 11) is 0. The fraction of sp³-hybridized carbons (Fsp3) is 0.250. The Hall–Kier alpha value is -3.15. The first-order valence-electron chi connectivity index (χ1n) is 8.41. The molecule has 0 aliphatic rings.